The first-order valence-corrected chi connectivity index (χ1v) is 11.3. The molecule has 1 atom stereocenters. The van der Waals surface area contributed by atoms with Crippen LogP contribution in [0.4, 0.5) is 5.69 Å². The van der Waals surface area contributed by atoms with E-state index in [9.17, 15) is 13.2 Å². The highest BCUT2D eigenvalue weighted by Gasteiger charge is 2.30. The summed E-state index contributed by atoms with van der Waals surface area (Å²) in [6.45, 7) is 6.82. The second kappa shape index (κ2) is 6.78. The average Bonchev–Trinajstić information content (AvgIpc) is 2.97. The van der Waals surface area contributed by atoms with Gasteiger partial charge in [-0.15, -0.1) is 11.3 Å². The van der Waals surface area contributed by atoms with Crippen LogP contribution in [0.3, 0.4) is 0 Å². The molecule has 2 aromatic heterocycles. The lowest BCUT2D eigenvalue weighted by Crippen LogP contribution is -2.26. The molecular weight excluding hydrogens is 368 g/mol. The van der Waals surface area contributed by atoms with Crippen molar-refractivity contribution in [3.63, 3.8) is 0 Å². The number of thiophene rings is 1. The fraction of sp³-hybridized carbons (Fsp3) is 0.474. The summed E-state index contributed by atoms with van der Waals surface area (Å²) in [4.78, 5) is 18.4. The third-order valence-electron chi connectivity index (χ3n) is 4.91. The smallest absolute Gasteiger partial charge is 0.265 e. The summed E-state index contributed by atoms with van der Waals surface area (Å²) < 4.78 is 22.9. The lowest BCUT2D eigenvalue weighted by Gasteiger charge is -2.33. The van der Waals surface area contributed by atoms with E-state index in [1.54, 1.807) is 17.4 Å². The fourth-order valence-electron chi connectivity index (χ4n) is 3.24. The predicted molar refractivity (Wildman–Crippen MR) is 105 cm³/mol. The van der Waals surface area contributed by atoms with Crippen LogP contribution in [0.5, 0.6) is 0 Å². The maximum atomic E-state index is 12.5. The standard InChI is InChI=1S/C19H24N2O3S2/c1-19(2,3)13-5-7-15-12(9-13)10-16(25-15)18(22)21-14-6-8-17(20-11-14)26(4,23)24/h6,8,10-11,13H,5,7,9H2,1-4H3,(H,21,22). The summed E-state index contributed by atoms with van der Waals surface area (Å²) in [5.74, 6) is 0.457. The number of aryl methyl sites for hydroxylation is 1. The van der Waals surface area contributed by atoms with Gasteiger partial charge in [-0.3, -0.25) is 4.79 Å². The van der Waals surface area contributed by atoms with Crippen LogP contribution in [-0.4, -0.2) is 25.6 Å². The van der Waals surface area contributed by atoms with Gasteiger partial charge in [-0.2, -0.15) is 0 Å². The van der Waals surface area contributed by atoms with Gasteiger partial charge in [0.15, 0.2) is 14.9 Å². The molecule has 0 saturated heterocycles. The van der Waals surface area contributed by atoms with Crippen molar-refractivity contribution in [2.75, 3.05) is 11.6 Å². The molecule has 26 heavy (non-hydrogen) atoms. The number of hydrogen-bond acceptors (Lipinski definition) is 5. The van der Waals surface area contributed by atoms with Gasteiger partial charge in [0.1, 0.15) is 0 Å². The van der Waals surface area contributed by atoms with Crippen LogP contribution >= 0.6 is 11.3 Å². The maximum absolute atomic E-state index is 12.5. The van der Waals surface area contributed by atoms with E-state index in [-0.39, 0.29) is 16.3 Å². The summed E-state index contributed by atoms with van der Waals surface area (Å²) in [5, 5.41) is 2.80. The van der Waals surface area contributed by atoms with Crippen molar-refractivity contribution in [1.82, 2.24) is 4.98 Å². The van der Waals surface area contributed by atoms with E-state index < -0.39 is 9.84 Å². The molecule has 2 aromatic rings. The summed E-state index contributed by atoms with van der Waals surface area (Å²) in [6.07, 6.45) is 5.69. The molecule has 1 N–H and O–H groups in total. The molecule has 7 heteroatoms. The molecule has 2 heterocycles. The Morgan fingerprint density at radius 1 is 1.31 bits per heavy atom. The quantitative estimate of drug-likeness (QED) is 0.858. The molecule has 0 fully saturated rings. The highest BCUT2D eigenvalue weighted by atomic mass is 32.2. The molecule has 140 valence electrons. The van der Waals surface area contributed by atoms with Crippen LogP contribution in [0, 0.1) is 11.3 Å². The first-order valence-electron chi connectivity index (χ1n) is 8.63. The number of anilines is 1. The normalized spacial score (nSPS) is 17.6. The Labute approximate surface area is 158 Å². The van der Waals surface area contributed by atoms with Gasteiger partial charge < -0.3 is 5.32 Å². The second-order valence-corrected chi connectivity index (χ2v) is 11.1. The molecule has 1 amide bonds. The molecular formula is C19H24N2O3S2. The van der Waals surface area contributed by atoms with Crippen LogP contribution < -0.4 is 5.32 Å². The number of pyridine rings is 1. The van der Waals surface area contributed by atoms with Crippen LogP contribution in [0.15, 0.2) is 29.4 Å². The molecule has 0 bridgehead atoms. The molecule has 1 aliphatic carbocycles. The van der Waals surface area contributed by atoms with Crippen LogP contribution in [-0.2, 0) is 22.7 Å². The summed E-state index contributed by atoms with van der Waals surface area (Å²) in [5.41, 5.74) is 2.05. The zero-order valence-corrected chi connectivity index (χ0v) is 17.1. The minimum atomic E-state index is -3.34. The highest BCUT2D eigenvalue weighted by molar-refractivity contribution is 7.90. The van der Waals surface area contributed by atoms with Crippen molar-refractivity contribution in [2.24, 2.45) is 11.3 Å². The number of sulfone groups is 1. The zero-order valence-electron chi connectivity index (χ0n) is 15.5. The van der Waals surface area contributed by atoms with E-state index >= 15 is 0 Å². The number of hydrogen-bond donors (Lipinski definition) is 1. The molecule has 0 radical (unpaired) electrons. The van der Waals surface area contributed by atoms with Gasteiger partial charge >= 0.3 is 0 Å². The summed E-state index contributed by atoms with van der Waals surface area (Å²) in [7, 11) is -3.34. The first-order chi connectivity index (χ1) is 12.0. The first kappa shape index (κ1) is 19.0. The van der Waals surface area contributed by atoms with Crippen LogP contribution in [0.1, 0.15) is 47.3 Å². The minimum Gasteiger partial charge on any atom is -0.320 e. The number of amides is 1. The highest BCUT2D eigenvalue weighted by Crippen LogP contribution is 2.40. The largest absolute Gasteiger partial charge is 0.320 e. The van der Waals surface area contributed by atoms with E-state index in [4.69, 9.17) is 0 Å². The van der Waals surface area contributed by atoms with E-state index in [0.717, 1.165) is 25.5 Å². The number of rotatable bonds is 3. The topological polar surface area (TPSA) is 76.1 Å². The Morgan fingerprint density at radius 3 is 2.62 bits per heavy atom. The lowest BCUT2D eigenvalue weighted by atomic mass is 9.72. The molecule has 3 rings (SSSR count). The van der Waals surface area contributed by atoms with Crippen molar-refractivity contribution in [1.29, 1.82) is 0 Å². The molecule has 1 aliphatic rings. The molecule has 0 saturated carbocycles. The van der Waals surface area contributed by atoms with Gasteiger partial charge in [-0.25, -0.2) is 13.4 Å². The van der Waals surface area contributed by atoms with Crippen molar-refractivity contribution in [2.45, 2.75) is 45.1 Å². The number of aromatic nitrogens is 1. The SMILES string of the molecule is CC(C)(C)C1CCc2sc(C(=O)Nc3ccc(S(C)(=O)=O)nc3)cc2C1. The summed E-state index contributed by atoms with van der Waals surface area (Å²) in [6, 6.07) is 4.97. The Balaban J connectivity index is 1.73. The average molecular weight is 393 g/mol. The van der Waals surface area contributed by atoms with E-state index in [1.807, 2.05) is 6.07 Å². The molecule has 1 unspecified atom stereocenters. The van der Waals surface area contributed by atoms with Crippen molar-refractivity contribution in [3.8, 4) is 0 Å². The molecule has 0 spiro atoms. The van der Waals surface area contributed by atoms with E-state index in [0.29, 0.717) is 16.5 Å². The Hall–Kier alpha value is -1.73. The third-order valence-corrected chi connectivity index (χ3v) is 7.14. The van der Waals surface area contributed by atoms with Crippen LogP contribution in [0.25, 0.3) is 0 Å². The zero-order chi connectivity index (χ0) is 19.1. The molecule has 5 nitrogen and oxygen atoms in total. The van der Waals surface area contributed by atoms with Crippen molar-refractivity contribution < 1.29 is 13.2 Å². The molecule has 0 aliphatic heterocycles. The van der Waals surface area contributed by atoms with Gasteiger partial charge in [0.25, 0.3) is 5.91 Å². The number of carbonyl (C=O) groups is 1. The van der Waals surface area contributed by atoms with Gasteiger partial charge in [0.2, 0.25) is 0 Å². The number of fused-ring (bicyclic) bond motifs is 1. The van der Waals surface area contributed by atoms with Gasteiger partial charge in [0.05, 0.1) is 16.8 Å². The van der Waals surface area contributed by atoms with Gasteiger partial charge in [0, 0.05) is 11.1 Å². The Bertz CT molecular complexity index is 923. The van der Waals surface area contributed by atoms with Crippen molar-refractivity contribution in [3.05, 3.63) is 39.7 Å². The third kappa shape index (κ3) is 4.15. The van der Waals surface area contributed by atoms with Crippen molar-refractivity contribution >= 4 is 32.8 Å². The number of carbonyl (C=O) groups excluding carboxylic acids is 1. The van der Waals surface area contributed by atoms with E-state index in [1.165, 1.54) is 22.7 Å². The number of nitrogens with zero attached hydrogens (tertiary/aromatic N) is 1. The minimum absolute atomic E-state index is 0.00434. The van der Waals surface area contributed by atoms with Gasteiger partial charge in [-0.05, 0) is 54.4 Å². The fourth-order valence-corrected chi connectivity index (χ4v) is 4.90. The monoisotopic (exact) mass is 392 g/mol. The lowest BCUT2D eigenvalue weighted by molar-refractivity contribution is 0.103. The summed E-state index contributed by atoms with van der Waals surface area (Å²) >= 11 is 1.55. The number of nitrogens with one attached hydrogen (secondary N) is 1. The van der Waals surface area contributed by atoms with Gasteiger partial charge in [-0.1, -0.05) is 20.8 Å². The van der Waals surface area contributed by atoms with Crippen LogP contribution in [0.2, 0.25) is 0 Å². The maximum Gasteiger partial charge on any atom is 0.265 e. The Kier molecular flexibility index (Phi) is 4.96. The Morgan fingerprint density at radius 2 is 2.04 bits per heavy atom. The van der Waals surface area contributed by atoms with E-state index in [2.05, 4.69) is 31.1 Å². The second-order valence-electron chi connectivity index (χ2n) is 7.98. The predicted octanol–water partition coefficient (Wildman–Crippen LogP) is 3.95. The molecule has 0 aromatic carbocycles.